The van der Waals surface area contributed by atoms with E-state index in [2.05, 4.69) is 5.32 Å². The maximum atomic E-state index is 11.8. The number of non-ortho nitro benzene ring substituents is 1. The number of carbonyl (C=O) groups is 1. The average Bonchev–Trinajstić information content (AvgIpc) is 2.69. The molecule has 2 aromatic carbocycles. The zero-order chi connectivity index (χ0) is 19.6. The van der Waals surface area contributed by atoms with Crippen molar-refractivity contribution in [2.45, 2.75) is 6.10 Å². The summed E-state index contributed by atoms with van der Waals surface area (Å²) in [6, 6.07) is 12.8. The van der Waals surface area contributed by atoms with Crippen molar-refractivity contribution < 1.29 is 24.3 Å². The topological polar surface area (TPSA) is 111 Å². The van der Waals surface area contributed by atoms with Gasteiger partial charge in [0.25, 0.3) is 5.69 Å². The van der Waals surface area contributed by atoms with Crippen molar-refractivity contribution in [3.8, 4) is 11.5 Å². The van der Waals surface area contributed by atoms with Gasteiger partial charge in [-0.05, 0) is 35.9 Å². The maximum absolute atomic E-state index is 11.8. The number of aliphatic hydroxyl groups is 1. The molecular weight excluding hydrogens is 352 g/mol. The summed E-state index contributed by atoms with van der Waals surface area (Å²) in [5.74, 6) is 0.849. The Morgan fingerprint density at radius 2 is 1.96 bits per heavy atom. The monoisotopic (exact) mass is 372 g/mol. The molecular formula is C19H20N2O6. The molecule has 0 aliphatic rings. The Bertz CT molecular complexity index is 804. The first-order valence-corrected chi connectivity index (χ1v) is 8.13. The molecule has 0 fully saturated rings. The molecule has 0 unspecified atom stereocenters. The van der Waals surface area contributed by atoms with Crippen LogP contribution in [-0.2, 0) is 4.79 Å². The predicted molar refractivity (Wildman–Crippen MR) is 99.6 cm³/mol. The van der Waals surface area contributed by atoms with Gasteiger partial charge in [-0.1, -0.05) is 12.1 Å². The number of nitro groups is 1. The van der Waals surface area contributed by atoms with Crippen molar-refractivity contribution in [2.75, 3.05) is 20.3 Å². The lowest BCUT2D eigenvalue weighted by Crippen LogP contribution is -2.34. The van der Waals surface area contributed by atoms with E-state index >= 15 is 0 Å². The first-order chi connectivity index (χ1) is 13.0. The molecule has 8 nitrogen and oxygen atoms in total. The predicted octanol–water partition coefficient (Wildman–Crippen LogP) is 2.17. The molecule has 142 valence electrons. The summed E-state index contributed by atoms with van der Waals surface area (Å²) in [5, 5.41) is 23.1. The molecule has 1 atom stereocenters. The zero-order valence-corrected chi connectivity index (χ0v) is 14.7. The number of methoxy groups -OCH3 is 1. The lowest BCUT2D eigenvalue weighted by molar-refractivity contribution is -0.384. The second-order valence-electron chi connectivity index (χ2n) is 5.57. The number of carbonyl (C=O) groups excluding carboxylic acids is 1. The van der Waals surface area contributed by atoms with E-state index in [1.54, 1.807) is 37.4 Å². The van der Waals surface area contributed by atoms with Gasteiger partial charge in [0.05, 0.1) is 12.0 Å². The van der Waals surface area contributed by atoms with Crippen molar-refractivity contribution >= 4 is 17.7 Å². The van der Waals surface area contributed by atoms with E-state index in [4.69, 9.17) is 9.47 Å². The minimum atomic E-state index is -0.887. The van der Waals surface area contributed by atoms with E-state index in [1.165, 1.54) is 30.4 Å². The number of ether oxygens (including phenoxy) is 2. The van der Waals surface area contributed by atoms with E-state index in [-0.39, 0.29) is 18.8 Å². The molecule has 0 aliphatic heterocycles. The fourth-order valence-corrected chi connectivity index (χ4v) is 2.11. The third-order valence-electron chi connectivity index (χ3n) is 3.52. The summed E-state index contributed by atoms with van der Waals surface area (Å²) < 4.78 is 10.5. The van der Waals surface area contributed by atoms with Crippen LogP contribution in [0.1, 0.15) is 5.56 Å². The molecule has 0 saturated heterocycles. The number of benzene rings is 2. The second-order valence-corrected chi connectivity index (χ2v) is 5.57. The van der Waals surface area contributed by atoms with Gasteiger partial charge >= 0.3 is 0 Å². The van der Waals surface area contributed by atoms with Gasteiger partial charge in [0, 0.05) is 24.8 Å². The SMILES string of the molecule is COc1ccc(OC[C@@H](O)CNC(=O)/C=C/c2cccc([N+](=O)[O-])c2)cc1. The smallest absolute Gasteiger partial charge is 0.270 e. The number of aliphatic hydroxyl groups excluding tert-OH is 1. The largest absolute Gasteiger partial charge is 0.497 e. The van der Waals surface area contributed by atoms with Gasteiger partial charge in [0.1, 0.15) is 24.2 Å². The van der Waals surface area contributed by atoms with E-state index in [0.29, 0.717) is 17.1 Å². The lowest BCUT2D eigenvalue weighted by atomic mass is 10.2. The van der Waals surface area contributed by atoms with Gasteiger partial charge in [0.15, 0.2) is 0 Å². The van der Waals surface area contributed by atoms with Crippen molar-refractivity contribution in [3.63, 3.8) is 0 Å². The van der Waals surface area contributed by atoms with Gasteiger partial charge in [-0.2, -0.15) is 0 Å². The van der Waals surface area contributed by atoms with Crippen molar-refractivity contribution in [1.82, 2.24) is 5.32 Å². The van der Waals surface area contributed by atoms with Crippen LogP contribution in [0.3, 0.4) is 0 Å². The molecule has 1 amide bonds. The molecule has 0 radical (unpaired) electrons. The van der Waals surface area contributed by atoms with Crippen LogP contribution in [-0.4, -0.2) is 42.3 Å². The van der Waals surface area contributed by atoms with Crippen LogP contribution in [0, 0.1) is 10.1 Å². The third-order valence-corrected chi connectivity index (χ3v) is 3.52. The number of nitrogens with zero attached hydrogens (tertiary/aromatic N) is 1. The standard InChI is InChI=1S/C19H20N2O6/c1-26-17-6-8-18(9-7-17)27-13-16(22)12-20-19(23)10-5-14-3-2-4-15(11-14)21(24)25/h2-11,16,22H,12-13H2,1H3,(H,20,23)/b10-5+/t16-/m0/s1. The number of hydrogen-bond donors (Lipinski definition) is 2. The average molecular weight is 372 g/mol. The van der Waals surface area contributed by atoms with Crippen LogP contribution in [0.2, 0.25) is 0 Å². The number of rotatable bonds is 9. The highest BCUT2D eigenvalue weighted by molar-refractivity contribution is 5.91. The first-order valence-electron chi connectivity index (χ1n) is 8.13. The highest BCUT2D eigenvalue weighted by atomic mass is 16.6. The highest BCUT2D eigenvalue weighted by Crippen LogP contribution is 2.17. The zero-order valence-electron chi connectivity index (χ0n) is 14.7. The lowest BCUT2D eigenvalue weighted by Gasteiger charge is -2.13. The molecule has 0 bridgehead atoms. The molecule has 0 saturated carbocycles. The van der Waals surface area contributed by atoms with Crippen molar-refractivity contribution in [2.24, 2.45) is 0 Å². The van der Waals surface area contributed by atoms with Gasteiger partial charge in [0.2, 0.25) is 5.91 Å². The summed E-state index contributed by atoms with van der Waals surface area (Å²) in [4.78, 5) is 22.0. The molecule has 0 heterocycles. The molecule has 0 spiro atoms. The van der Waals surface area contributed by atoms with Crippen LogP contribution >= 0.6 is 0 Å². The van der Waals surface area contributed by atoms with Gasteiger partial charge in [-0.15, -0.1) is 0 Å². The van der Waals surface area contributed by atoms with E-state index < -0.39 is 16.9 Å². The Balaban J connectivity index is 1.75. The fraction of sp³-hybridized carbons (Fsp3) is 0.211. The second kappa shape index (κ2) is 9.93. The Morgan fingerprint density at radius 1 is 1.26 bits per heavy atom. The Kier molecular flexibility index (Phi) is 7.33. The Morgan fingerprint density at radius 3 is 2.63 bits per heavy atom. The molecule has 2 aromatic rings. The minimum Gasteiger partial charge on any atom is -0.497 e. The third kappa shape index (κ3) is 6.79. The van der Waals surface area contributed by atoms with E-state index in [9.17, 15) is 20.0 Å². The van der Waals surface area contributed by atoms with Crippen LogP contribution in [0.4, 0.5) is 5.69 Å². The summed E-state index contributed by atoms with van der Waals surface area (Å²) in [6.45, 7) is 0.0233. The molecule has 2 N–H and O–H groups in total. The highest BCUT2D eigenvalue weighted by Gasteiger charge is 2.07. The van der Waals surface area contributed by atoms with Crippen LogP contribution < -0.4 is 14.8 Å². The van der Waals surface area contributed by atoms with E-state index in [1.807, 2.05) is 0 Å². The summed E-state index contributed by atoms with van der Waals surface area (Å²) in [7, 11) is 1.57. The number of hydrogen-bond acceptors (Lipinski definition) is 6. The molecule has 0 aliphatic carbocycles. The van der Waals surface area contributed by atoms with Crippen LogP contribution in [0.5, 0.6) is 11.5 Å². The molecule has 2 rings (SSSR count). The molecule has 27 heavy (non-hydrogen) atoms. The molecule has 0 aromatic heterocycles. The van der Waals surface area contributed by atoms with Crippen molar-refractivity contribution in [1.29, 1.82) is 0 Å². The summed E-state index contributed by atoms with van der Waals surface area (Å²) >= 11 is 0. The normalized spacial score (nSPS) is 11.8. The van der Waals surface area contributed by atoms with Gasteiger partial charge < -0.3 is 19.9 Å². The fourth-order valence-electron chi connectivity index (χ4n) is 2.11. The molecule has 8 heteroatoms. The quantitative estimate of drug-likeness (QED) is 0.396. The Hall–Kier alpha value is -3.39. The number of nitrogens with one attached hydrogen (secondary N) is 1. The maximum Gasteiger partial charge on any atom is 0.270 e. The minimum absolute atomic E-state index is 0.00820. The summed E-state index contributed by atoms with van der Waals surface area (Å²) in [5.41, 5.74) is 0.478. The van der Waals surface area contributed by atoms with E-state index in [0.717, 1.165) is 0 Å². The van der Waals surface area contributed by atoms with Gasteiger partial charge in [-0.3, -0.25) is 14.9 Å². The van der Waals surface area contributed by atoms with Crippen LogP contribution in [0.15, 0.2) is 54.6 Å². The van der Waals surface area contributed by atoms with Gasteiger partial charge in [-0.25, -0.2) is 0 Å². The number of nitro benzene ring substituents is 1. The Labute approximate surface area is 156 Å². The van der Waals surface area contributed by atoms with Crippen LogP contribution in [0.25, 0.3) is 6.08 Å². The number of amides is 1. The van der Waals surface area contributed by atoms with Crippen molar-refractivity contribution in [3.05, 3.63) is 70.3 Å². The summed E-state index contributed by atoms with van der Waals surface area (Å²) in [6.07, 6.45) is 1.82. The first kappa shape index (κ1) is 19.9.